The summed E-state index contributed by atoms with van der Waals surface area (Å²) in [4.78, 5) is 23.4. The molecule has 4 saturated heterocycles. The fraction of sp³-hybridized carbons (Fsp3) is 0.926. The molecule has 0 aromatic rings. The second-order valence-electron chi connectivity index (χ2n) is 12.7. The average molecular weight is 507 g/mol. The van der Waals surface area contributed by atoms with Crippen molar-refractivity contribution in [3.05, 3.63) is 0 Å². The minimum Gasteiger partial charge on any atom is -0.459 e. The third-order valence-electron chi connectivity index (χ3n) is 9.90. The van der Waals surface area contributed by atoms with Crippen LogP contribution < -0.4 is 0 Å². The van der Waals surface area contributed by atoms with E-state index in [0.29, 0.717) is 12.8 Å². The fourth-order valence-corrected chi connectivity index (χ4v) is 8.02. The van der Waals surface area contributed by atoms with E-state index in [1.807, 2.05) is 6.92 Å². The number of ether oxygens (including phenoxy) is 6. The molecule has 4 aliphatic heterocycles. The van der Waals surface area contributed by atoms with Crippen molar-refractivity contribution >= 4 is 11.9 Å². The molecule has 8 aliphatic rings. The summed E-state index contributed by atoms with van der Waals surface area (Å²) in [5, 5.41) is 10.2. The van der Waals surface area contributed by atoms with Crippen molar-refractivity contribution in [2.24, 2.45) is 5.41 Å². The zero-order valence-corrected chi connectivity index (χ0v) is 21.1. The number of hydrogen-bond donors (Lipinski definition) is 1. The Morgan fingerprint density at radius 2 is 1.06 bits per heavy atom. The van der Waals surface area contributed by atoms with Gasteiger partial charge in [-0.25, -0.2) is 4.79 Å². The minimum atomic E-state index is -1.34. The largest absolute Gasteiger partial charge is 0.459 e. The molecule has 4 saturated carbocycles. The summed E-state index contributed by atoms with van der Waals surface area (Å²) in [5.74, 6) is -1.40. The number of carbonyl (C=O) groups is 2. The normalized spacial score (nSPS) is 49.2. The van der Waals surface area contributed by atoms with Gasteiger partial charge in [0.1, 0.15) is 24.4 Å². The Balaban J connectivity index is 0.000000122. The van der Waals surface area contributed by atoms with Crippen molar-refractivity contribution in [1.82, 2.24) is 0 Å². The quantitative estimate of drug-likeness (QED) is 0.496. The first kappa shape index (κ1) is 23.8. The lowest BCUT2D eigenvalue weighted by Gasteiger charge is -2.32. The number of aliphatic hydroxyl groups is 1. The first-order valence-corrected chi connectivity index (χ1v) is 14.1. The zero-order valence-electron chi connectivity index (χ0n) is 21.1. The highest BCUT2D eigenvalue weighted by molar-refractivity contribution is 5.82. The molecule has 4 bridgehead atoms. The van der Waals surface area contributed by atoms with Gasteiger partial charge in [-0.05, 0) is 39.0 Å². The summed E-state index contributed by atoms with van der Waals surface area (Å²) >= 11 is 0. The summed E-state index contributed by atoms with van der Waals surface area (Å²) < 4.78 is 35.4. The molecule has 0 amide bonds. The summed E-state index contributed by atoms with van der Waals surface area (Å²) in [7, 11) is 0. The lowest BCUT2D eigenvalue weighted by atomic mass is 9.74. The molecule has 2 spiro atoms. The van der Waals surface area contributed by atoms with E-state index in [4.69, 9.17) is 28.4 Å². The molecule has 36 heavy (non-hydrogen) atoms. The van der Waals surface area contributed by atoms with Crippen LogP contribution in [0.3, 0.4) is 0 Å². The molecule has 9 heteroatoms. The van der Waals surface area contributed by atoms with E-state index in [-0.39, 0.29) is 53.8 Å². The molecule has 8 rings (SSSR count). The van der Waals surface area contributed by atoms with Crippen LogP contribution >= 0.6 is 0 Å². The summed E-state index contributed by atoms with van der Waals surface area (Å²) in [6, 6.07) is 0. The zero-order chi connectivity index (χ0) is 24.8. The van der Waals surface area contributed by atoms with Crippen molar-refractivity contribution in [2.75, 3.05) is 0 Å². The van der Waals surface area contributed by atoms with Gasteiger partial charge in [-0.3, -0.25) is 4.79 Å². The van der Waals surface area contributed by atoms with Gasteiger partial charge < -0.3 is 33.5 Å². The predicted octanol–water partition coefficient (Wildman–Crippen LogP) is 3.04. The van der Waals surface area contributed by atoms with Crippen molar-refractivity contribution in [3.8, 4) is 0 Å². The maximum Gasteiger partial charge on any atom is 0.338 e. The Bertz CT molecular complexity index is 850. The molecule has 0 aromatic carbocycles. The fourth-order valence-electron chi connectivity index (χ4n) is 8.02. The summed E-state index contributed by atoms with van der Waals surface area (Å²) in [6.45, 7) is 2.00. The van der Waals surface area contributed by atoms with E-state index >= 15 is 0 Å². The molecule has 8 fully saturated rings. The topological polar surface area (TPSA) is 110 Å². The molecular weight excluding hydrogens is 468 g/mol. The van der Waals surface area contributed by atoms with Crippen molar-refractivity contribution in [2.45, 2.75) is 151 Å². The number of hydrogen-bond acceptors (Lipinski definition) is 9. The summed E-state index contributed by atoms with van der Waals surface area (Å²) in [5.41, 5.74) is -1.68. The molecule has 0 aromatic heterocycles. The van der Waals surface area contributed by atoms with E-state index in [1.54, 1.807) is 0 Å². The number of rotatable bonds is 0. The first-order valence-electron chi connectivity index (χ1n) is 14.1. The highest BCUT2D eigenvalue weighted by atomic mass is 16.8. The number of carbonyl (C=O) groups excluding carboxylic acids is 2. The van der Waals surface area contributed by atoms with Crippen molar-refractivity contribution in [1.29, 1.82) is 0 Å². The van der Waals surface area contributed by atoms with Crippen LogP contribution in [0.5, 0.6) is 0 Å². The van der Waals surface area contributed by atoms with Gasteiger partial charge in [0.25, 0.3) is 0 Å². The molecule has 9 nitrogen and oxygen atoms in total. The van der Waals surface area contributed by atoms with E-state index in [0.717, 1.165) is 51.4 Å². The van der Waals surface area contributed by atoms with Crippen LogP contribution in [0.4, 0.5) is 0 Å². The van der Waals surface area contributed by atoms with Crippen LogP contribution in [0.1, 0.15) is 96.8 Å². The standard InChI is InChI=1S/C14H20O4.C13H18O5/c1-13-7-9(16-12(13)15)11-10(8-13)17-14(18-11)5-3-2-4-6-14;14-11-12(15)6-8(16-11)10-9(7-12)17-13(18-10)4-2-1-3-5-13/h9-11H,2-8H2,1H3;8-10,15H,1-7H2/t9-,10-,11?,13+;8-,9-,10?,12-/m11/s1. The lowest BCUT2D eigenvalue weighted by molar-refractivity contribution is -0.203. The van der Waals surface area contributed by atoms with Crippen LogP contribution in [0.2, 0.25) is 0 Å². The minimum absolute atomic E-state index is 0.0253. The Kier molecular flexibility index (Phi) is 5.37. The second-order valence-corrected chi connectivity index (χ2v) is 12.7. The Labute approximate surface area is 211 Å². The predicted molar refractivity (Wildman–Crippen MR) is 122 cm³/mol. The summed E-state index contributed by atoms with van der Waals surface area (Å²) in [6.07, 6.45) is 12.4. The lowest BCUT2D eigenvalue weighted by Crippen LogP contribution is -2.47. The first-order chi connectivity index (χ1) is 17.2. The Hall–Kier alpha value is -1.26. The molecule has 200 valence electrons. The van der Waals surface area contributed by atoms with E-state index in [9.17, 15) is 14.7 Å². The number of esters is 2. The van der Waals surface area contributed by atoms with Crippen LogP contribution in [0.25, 0.3) is 0 Å². The molecular formula is C27H38O9. The van der Waals surface area contributed by atoms with E-state index in [2.05, 4.69) is 0 Å². The highest BCUT2D eigenvalue weighted by Gasteiger charge is 2.64. The van der Waals surface area contributed by atoms with Gasteiger partial charge in [0.2, 0.25) is 0 Å². The highest BCUT2D eigenvalue weighted by Crippen LogP contribution is 2.53. The average Bonchev–Trinajstić information content (AvgIpc) is 3.51. The second kappa shape index (κ2) is 8.12. The third kappa shape index (κ3) is 3.67. The van der Waals surface area contributed by atoms with Gasteiger partial charge in [-0.15, -0.1) is 0 Å². The van der Waals surface area contributed by atoms with Crippen LogP contribution in [0, 0.1) is 5.41 Å². The van der Waals surface area contributed by atoms with Crippen molar-refractivity contribution < 1.29 is 43.1 Å². The molecule has 4 aliphatic carbocycles. The van der Waals surface area contributed by atoms with Crippen LogP contribution in [-0.2, 0) is 38.0 Å². The maximum absolute atomic E-state index is 11.8. The van der Waals surface area contributed by atoms with Gasteiger partial charge in [0, 0.05) is 44.9 Å². The Morgan fingerprint density at radius 1 is 0.611 bits per heavy atom. The van der Waals surface area contributed by atoms with Gasteiger partial charge >= 0.3 is 11.9 Å². The third-order valence-corrected chi connectivity index (χ3v) is 9.90. The van der Waals surface area contributed by atoms with Crippen LogP contribution in [0.15, 0.2) is 0 Å². The molecule has 2 unspecified atom stereocenters. The monoisotopic (exact) mass is 506 g/mol. The smallest absolute Gasteiger partial charge is 0.338 e. The SMILES string of the molecule is C[C@@]12C[C@@H](OC1=O)C1OC3(CCCCC3)O[C@@H]1C2.O=C1O[C@@H]2C[C@@]1(O)C[C@H]1OC3(CCCCC3)OC21. The number of fused-ring (bicyclic) bond motifs is 8. The van der Waals surface area contributed by atoms with Crippen LogP contribution in [-0.4, -0.2) is 70.8 Å². The Morgan fingerprint density at radius 3 is 1.64 bits per heavy atom. The molecule has 1 N–H and O–H groups in total. The van der Waals surface area contributed by atoms with Gasteiger partial charge in [-0.2, -0.15) is 0 Å². The molecule has 0 radical (unpaired) electrons. The van der Waals surface area contributed by atoms with E-state index in [1.165, 1.54) is 25.7 Å². The van der Waals surface area contributed by atoms with E-state index < -0.39 is 17.4 Å². The van der Waals surface area contributed by atoms with Crippen molar-refractivity contribution in [3.63, 3.8) is 0 Å². The van der Waals surface area contributed by atoms with Gasteiger partial charge in [-0.1, -0.05) is 12.8 Å². The maximum atomic E-state index is 11.8. The van der Waals surface area contributed by atoms with Gasteiger partial charge in [0.05, 0.1) is 17.6 Å². The molecule has 4 heterocycles. The van der Waals surface area contributed by atoms with Gasteiger partial charge in [0.15, 0.2) is 17.2 Å². The molecule has 8 atom stereocenters.